The zero-order chi connectivity index (χ0) is 12.3. The van der Waals surface area contributed by atoms with Crippen molar-refractivity contribution in [2.75, 3.05) is 5.32 Å². The molecule has 1 aliphatic rings. The number of urea groups is 1. The molecule has 0 aromatic carbocycles. The molecule has 0 aliphatic heterocycles. The van der Waals surface area contributed by atoms with Crippen molar-refractivity contribution in [3.05, 3.63) is 5.51 Å². The summed E-state index contributed by atoms with van der Waals surface area (Å²) in [5, 5.41) is 13.8. The Hall–Kier alpha value is -1.17. The van der Waals surface area contributed by atoms with E-state index in [0.29, 0.717) is 17.0 Å². The summed E-state index contributed by atoms with van der Waals surface area (Å²) in [6, 6.07) is 0.0871. The molecule has 1 heterocycles. The van der Waals surface area contributed by atoms with Crippen molar-refractivity contribution in [3.63, 3.8) is 0 Å². The molecule has 17 heavy (non-hydrogen) atoms. The molecule has 1 aliphatic carbocycles. The summed E-state index contributed by atoms with van der Waals surface area (Å²) >= 11 is 1.32. The van der Waals surface area contributed by atoms with E-state index >= 15 is 0 Å². The van der Waals surface area contributed by atoms with Crippen LogP contribution in [0.2, 0.25) is 0 Å². The van der Waals surface area contributed by atoms with Gasteiger partial charge in [-0.1, -0.05) is 31.6 Å². The van der Waals surface area contributed by atoms with Crippen LogP contribution in [0.3, 0.4) is 0 Å². The van der Waals surface area contributed by atoms with Crippen LogP contribution in [0.15, 0.2) is 5.51 Å². The fourth-order valence-electron chi connectivity index (χ4n) is 2.48. The number of carbonyl (C=O) groups excluding carboxylic acids is 1. The average Bonchev–Trinajstić information content (AvgIpc) is 2.76. The molecule has 1 fully saturated rings. The minimum absolute atomic E-state index is 0.174. The summed E-state index contributed by atoms with van der Waals surface area (Å²) in [6.45, 7) is 4.40. The van der Waals surface area contributed by atoms with Gasteiger partial charge in [-0.25, -0.2) is 4.79 Å². The molecular formula is C11H18N4OS. The van der Waals surface area contributed by atoms with Crippen LogP contribution in [-0.4, -0.2) is 22.3 Å². The average molecular weight is 254 g/mol. The van der Waals surface area contributed by atoms with Crippen LogP contribution in [0.4, 0.5) is 9.93 Å². The molecule has 0 radical (unpaired) electrons. The lowest BCUT2D eigenvalue weighted by molar-refractivity contribution is 0.202. The third-order valence-electron chi connectivity index (χ3n) is 3.42. The summed E-state index contributed by atoms with van der Waals surface area (Å²) in [5.41, 5.74) is 1.60. The molecule has 2 rings (SSSR count). The highest BCUT2D eigenvalue weighted by molar-refractivity contribution is 7.13. The first-order valence-corrected chi connectivity index (χ1v) is 6.88. The minimum atomic E-state index is -0.174. The number of nitrogens with zero attached hydrogens (tertiary/aromatic N) is 2. The third-order valence-corrected chi connectivity index (χ3v) is 4.03. The molecule has 1 saturated carbocycles. The van der Waals surface area contributed by atoms with Crippen LogP contribution in [-0.2, 0) is 0 Å². The van der Waals surface area contributed by atoms with Crippen molar-refractivity contribution in [1.29, 1.82) is 0 Å². The third kappa shape index (κ3) is 3.15. The molecule has 2 atom stereocenters. The standard InChI is InChI=1S/C11H18N4OS/c1-7-4-3-5-8(2)9(7)13-10(16)14-11-15-12-6-17-11/h6-9H,3-5H2,1-2H3,(H2,13,14,15,16)/t7-,8-/m0/s1. The van der Waals surface area contributed by atoms with Gasteiger partial charge in [0.15, 0.2) is 0 Å². The van der Waals surface area contributed by atoms with E-state index in [1.54, 1.807) is 5.51 Å². The lowest BCUT2D eigenvalue weighted by atomic mass is 9.79. The maximum Gasteiger partial charge on any atom is 0.321 e. The van der Waals surface area contributed by atoms with Gasteiger partial charge in [-0.3, -0.25) is 5.32 Å². The molecule has 1 aromatic rings. The van der Waals surface area contributed by atoms with E-state index in [9.17, 15) is 4.79 Å². The summed E-state index contributed by atoms with van der Waals surface area (Å²) in [6.07, 6.45) is 3.64. The highest BCUT2D eigenvalue weighted by Gasteiger charge is 2.28. The molecule has 0 unspecified atom stereocenters. The van der Waals surface area contributed by atoms with Crippen molar-refractivity contribution < 1.29 is 4.79 Å². The second-order valence-electron chi connectivity index (χ2n) is 4.75. The van der Waals surface area contributed by atoms with Gasteiger partial charge in [0, 0.05) is 6.04 Å². The number of rotatable bonds is 2. The second kappa shape index (κ2) is 5.44. The number of carbonyl (C=O) groups is 1. The topological polar surface area (TPSA) is 66.9 Å². The second-order valence-corrected chi connectivity index (χ2v) is 5.59. The quantitative estimate of drug-likeness (QED) is 0.852. The van der Waals surface area contributed by atoms with Gasteiger partial charge in [-0.05, 0) is 24.7 Å². The zero-order valence-corrected chi connectivity index (χ0v) is 11.0. The SMILES string of the molecule is C[C@H]1CCC[C@H](C)C1NC(=O)Nc1nncs1. The first kappa shape index (κ1) is 12.3. The van der Waals surface area contributed by atoms with E-state index in [1.807, 2.05) is 0 Å². The Bertz CT molecular complexity index is 358. The van der Waals surface area contributed by atoms with E-state index < -0.39 is 0 Å². The summed E-state index contributed by atoms with van der Waals surface area (Å²) in [4.78, 5) is 11.8. The largest absolute Gasteiger partial charge is 0.335 e. The van der Waals surface area contributed by atoms with Gasteiger partial charge >= 0.3 is 6.03 Å². The van der Waals surface area contributed by atoms with Crippen LogP contribution in [0, 0.1) is 11.8 Å². The Labute approximate surface area is 105 Å². The lowest BCUT2D eigenvalue weighted by Crippen LogP contribution is -2.47. The number of hydrogen-bond donors (Lipinski definition) is 2. The van der Waals surface area contributed by atoms with Gasteiger partial charge in [0.1, 0.15) is 5.51 Å². The Morgan fingerprint density at radius 3 is 2.71 bits per heavy atom. The molecule has 0 saturated heterocycles. The Morgan fingerprint density at radius 2 is 2.12 bits per heavy atom. The van der Waals surface area contributed by atoms with E-state index in [0.717, 1.165) is 0 Å². The fourth-order valence-corrected chi connectivity index (χ4v) is 2.92. The van der Waals surface area contributed by atoms with Gasteiger partial charge < -0.3 is 5.32 Å². The molecule has 0 bridgehead atoms. The van der Waals surface area contributed by atoms with Crippen LogP contribution in [0.25, 0.3) is 0 Å². The van der Waals surface area contributed by atoms with Gasteiger partial charge in [0.05, 0.1) is 0 Å². The van der Waals surface area contributed by atoms with E-state index in [2.05, 4.69) is 34.7 Å². The lowest BCUT2D eigenvalue weighted by Gasteiger charge is -2.34. The summed E-state index contributed by atoms with van der Waals surface area (Å²) < 4.78 is 0. The van der Waals surface area contributed by atoms with Gasteiger partial charge in [-0.15, -0.1) is 10.2 Å². The first-order valence-electron chi connectivity index (χ1n) is 6.00. The molecule has 1 aromatic heterocycles. The van der Waals surface area contributed by atoms with Gasteiger partial charge in [0.2, 0.25) is 5.13 Å². The van der Waals surface area contributed by atoms with E-state index in [4.69, 9.17) is 0 Å². The predicted octanol–water partition coefficient (Wildman–Crippen LogP) is 2.48. The maximum absolute atomic E-state index is 11.8. The van der Waals surface area contributed by atoms with Crippen LogP contribution < -0.4 is 10.6 Å². The Morgan fingerprint density at radius 1 is 1.41 bits per heavy atom. The van der Waals surface area contributed by atoms with E-state index in [1.165, 1.54) is 30.6 Å². The van der Waals surface area contributed by atoms with Crippen molar-refractivity contribution in [1.82, 2.24) is 15.5 Å². The predicted molar refractivity (Wildman–Crippen MR) is 68.0 cm³/mol. The maximum atomic E-state index is 11.8. The van der Waals surface area contributed by atoms with Crippen molar-refractivity contribution in [2.45, 2.75) is 39.2 Å². The number of anilines is 1. The van der Waals surface area contributed by atoms with Crippen molar-refractivity contribution in [3.8, 4) is 0 Å². The normalized spacial score (nSPS) is 25.5. The highest BCUT2D eigenvalue weighted by Crippen LogP contribution is 2.28. The molecular weight excluding hydrogens is 236 g/mol. The van der Waals surface area contributed by atoms with Crippen molar-refractivity contribution >= 4 is 22.5 Å². The number of aromatic nitrogens is 2. The molecule has 6 heteroatoms. The number of nitrogens with one attached hydrogen (secondary N) is 2. The smallest absolute Gasteiger partial charge is 0.321 e. The van der Waals surface area contributed by atoms with Gasteiger partial charge in [0.25, 0.3) is 0 Å². The van der Waals surface area contributed by atoms with Crippen LogP contribution >= 0.6 is 11.3 Å². The van der Waals surface area contributed by atoms with Crippen LogP contribution in [0.5, 0.6) is 0 Å². The monoisotopic (exact) mass is 254 g/mol. The number of amides is 2. The van der Waals surface area contributed by atoms with Crippen molar-refractivity contribution in [2.24, 2.45) is 11.8 Å². The van der Waals surface area contributed by atoms with Gasteiger partial charge in [-0.2, -0.15) is 0 Å². The van der Waals surface area contributed by atoms with E-state index in [-0.39, 0.29) is 12.1 Å². The summed E-state index contributed by atoms with van der Waals surface area (Å²) in [7, 11) is 0. The Balaban J connectivity index is 1.88. The van der Waals surface area contributed by atoms with Crippen LogP contribution in [0.1, 0.15) is 33.1 Å². The Kier molecular flexibility index (Phi) is 3.93. The zero-order valence-electron chi connectivity index (χ0n) is 10.1. The summed E-state index contributed by atoms with van der Waals surface area (Å²) in [5.74, 6) is 1.08. The molecule has 0 spiro atoms. The molecule has 2 N–H and O–H groups in total. The molecule has 5 nitrogen and oxygen atoms in total. The minimum Gasteiger partial charge on any atom is -0.335 e. The fraction of sp³-hybridized carbons (Fsp3) is 0.727. The molecule has 2 amide bonds. The number of hydrogen-bond acceptors (Lipinski definition) is 4. The first-order chi connectivity index (χ1) is 8.16. The molecule has 94 valence electrons. The highest BCUT2D eigenvalue weighted by atomic mass is 32.1.